The van der Waals surface area contributed by atoms with Crippen molar-refractivity contribution in [2.45, 2.75) is 0 Å². The summed E-state index contributed by atoms with van der Waals surface area (Å²) in [7, 11) is 0. The highest BCUT2D eigenvalue weighted by atomic mass is 35.5. The van der Waals surface area contributed by atoms with Gasteiger partial charge in [-0.1, -0.05) is 23.7 Å². The second kappa shape index (κ2) is 10.1. The molecule has 3 aromatic rings. The summed E-state index contributed by atoms with van der Waals surface area (Å²) in [5.74, 6) is 1.28. The highest BCUT2D eigenvalue weighted by Crippen LogP contribution is 2.30. The summed E-state index contributed by atoms with van der Waals surface area (Å²) < 4.78 is 16.8. The maximum atomic E-state index is 12.5. The van der Waals surface area contributed by atoms with Crippen LogP contribution in [0.3, 0.4) is 0 Å². The Kier molecular flexibility index (Phi) is 6.86. The Morgan fingerprint density at radius 1 is 1.06 bits per heavy atom. The van der Waals surface area contributed by atoms with Crippen molar-refractivity contribution in [3.63, 3.8) is 0 Å². The highest BCUT2D eigenvalue weighted by Gasteiger charge is 2.17. The molecule has 0 spiro atoms. The molecule has 0 saturated carbocycles. The number of aromatic nitrogens is 1. The van der Waals surface area contributed by atoms with E-state index in [2.05, 4.69) is 15.2 Å². The van der Waals surface area contributed by atoms with Crippen molar-refractivity contribution in [2.75, 3.05) is 43.1 Å². The number of halogens is 1. The largest absolute Gasteiger partial charge is 0.484 e. The normalized spacial score (nSPS) is 13.5. The molecule has 1 saturated heterocycles. The van der Waals surface area contributed by atoms with Gasteiger partial charge in [-0.3, -0.25) is 4.79 Å². The van der Waals surface area contributed by atoms with Gasteiger partial charge in [-0.2, -0.15) is 0 Å². The lowest BCUT2D eigenvalue weighted by Crippen LogP contribution is -2.37. The molecule has 0 aliphatic carbocycles. The van der Waals surface area contributed by atoms with Gasteiger partial charge in [0, 0.05) is 36.4 Å². The molecule has 0 atom stereocenters. The molecule has 1 aliphatic rings. The first-order valence-electron chi connectivity index (χ1n) is 9.91. The van der Waals surface area contributed by atoms with Gasteiger partial charge in [0.25, 0.3) is 5.91 Å². The number of anilines is 2. The third kappa shape index (κ3) is 5.87. The number of carbonyl (C=O) groups excluding carboxylic acids is 1. The van der Waals surface area contributed by atoms with Gasteiger partial charge in [-0.25, -0.2) is 4.98 Å². The predicted molar refractivity (Wildman–Crippen MR) is 119 cm³/mol. The zero-order valence-corrected chi connectivity index (χ0v) is 17.5. The molecule has 2 aromatic carbocycles. The summed E-state index contributed by atoms with van der Waals surface area (Å²) in [6.07, 6.45) is 1.65. The molecule has 0 unspecified atom stereocenters. The first kappa shape index (κ1) is 21.0. The van der Waals surface area contributed by atoms with Gasteiger partial charge in [0.05, 0.1) is 24.6 Å². The Bertz CT molecular complexity index is 1030. The minimum Gasteiger partial charge on any atom is -0.484 e. The molecule has 1 N–H and O–H groups in total. The smallest absolute Gasteiger partial charge is 0.262 e. The summed E-state index contributed by atoms with van der Waals surface area (Å²) >= 11 is 6.15. The number of carbonyl (C=O) groups is 1. The Labute approximate surface area is 185 Å². The van der Waals surface area contributed by atoms with Crippen molar-refractivity contribution in [1.82, 2.24) is 4.98 Å². The lowest BCUT2D eigenvalue weighted by atomic mass is 10.2. The van der Waals surface area contributed by atoms with E-state index in [0.717, 1.165) is 18.8 Å². The number of pyridine rings is 1. The average molecular weight is 440 g/mol. The summed E-state index contributed by atoms with van der Waals surface area (Å²) in [4.78, 5) is 18.8. The van der Waals surface area contributed by atoms with Gasteiger partial charge in [0.15, 0.2) is 6.61 Å². The molecule has 31 heavy (non-hydrogen) atoms. The molecule has 0 radical (unpaired) electrons. The molecule has 2 heterocycles. The zero-order chi connectivity index (χ0) is 21.5. The predicted octanol–water partition coefficient (Wildman–Crippen LogP) is 4.38. The second-order valence-electron chi connectivity index (χ2n) is 6.84. The van der Waals surface area contributed by atoms with Crippen molar-refractivity contribution in [2.24, 2.45) is 0 Å². The molecule has 7 nitrogen and oxygen atoms in total. The number of morpholine rings is 1. The molecule has 1 aromatic heterocycles. The van der Waals surface area contributed by atoms with E-state index in [4.69, 9.17) is 25.8 Å². The van der Waals surface area contributed by atoms with Crippen LogP contribution in [-0.2, 0) is 9.53 Å². The van der Waals surface area contributed by atoms with Crippen LogP contribution in [0.2, 0.25) is 5.02 Å². The van der Waals surface area contributed by atoms with E-state index in [1.807, 2.05) is 24.3 Å². The van der Waals surface area contributed by atoms with Gasteiger partial charge in [-0.05, 0) is 36.4 Å². The fraction of sp³-hybridized carbons (Fsp3) is 0.217. The summed E-state index contributed by atoms with van der Waals surface area (Å²) in [5, 5.41) is 3.45. The Hall–Kier alpha value is -3.29. The number of benzene rings is 2. The number of rotatable bonds is 7. The van der Waals surface area contributed by atoms with Crippen LogP contribution >= 0.6 is 11.6 Å². The van der Waals surface area contributed by atoms with E-state index < -0.39 is 0 Å². The minimum absolute atomic E-state index is 0.151. The van der Waals surface area contributed by atoms with Crippen LogP contribution in [0.15, 0.2) is 66.9 Å². The number of amides is 1. The number of hydrogen-bond acceptors (Lipinski definition) is 6. The third-order valence-corrected chi connectivity index (χ3v) is 4.86. The van der Waals surface area contributed by atoms with E-state index >= 15 is 0 Å². The maximum Gasteiger partial charge on any atom is 0.262 e. The van der Waals surface area contributed by atoms with E-state index in [0.29, 0.717) is 41.3 Å². The summed E-state index contributed by atoms with van der Waals surface area (Å²) in [5.41, 5.74) is 1.56. The molecule has 4 rings (SSSR count). The van der Waals surface area contributed by atoms with Gasteiger partial charge >= 0.3 is 0 Å². The molecule has 1 aliphatic heterocycles. The van der Waals surface area contributed by atoms with Gasteiger partial charge in [-0.15, -0.1) is 0 Å². The number of hydrogen-bond donors (Lipinski definition) is 1. The van der Waals surface area contributed by atoms with E-state index in [9.17, 15) is 4.79 Å². The monoisotopic (exact) mass is 439 g/mol. The van der Waals surface area contributed by atoms with Crippen molar-refractivity contribution >= 4 is 28.9 Å². The summed E-state index contributed by atoms with van der Waals surface area (Å²) in [6, 6.07) is 17.9. The number of nitrogens with zero attached hydrogens (tertiary/aromatic N) is 2. The zero-order valence-electron chi connectivity index (χ0n) is 16.8. The van der Waals surface area contributed by atoms with Crippen LogP contribution in [0.25, 0.3) is 0 Å². The van der Waals surface area contributed by atoms with Crippen molar-refractivity contribution in [1.29, 1.82) is 0 Å². The topological polar surface area (TPSA) is 72.9 Å². The molecule has 8 heteroatoms. The maximum absolute atomic E-state index is 12.5. The van der Waals surface area contributed by atoms with Crippen LogP contribution < -0.4 is 19.7 Å². The third-order valence-electron chi connectivity index (χ3n) is 4.62. The van der Waals surface area contributed by atoms with Crippen LogP contribution in [0.1, 0.15) is 0 Å². The standard InChI is InChI=1S/C23H22ClN3O4/c24-17-7-8-21(27-10-12-29-13-11-27)20(14-17)26-22(28)16-30-18-4-3-5-19(15-18)31-23-6-1-2-9-25-23/h1-9,14-15H,10-13,16H2,(H,26,28). The van der Waals surface area contributed by atoms with Crippen LogP contribution in [-0.4, -0.2) is 43.8 Å². The van der Waals surface area contributed by atoms with Crippen molar-refractivity contribution < 1.29 is 19.0 Å². The second-order valence-corrected chi connectivity index (χ2v) is 7.28. The molecular formula is C23H22ClN3O4. The van der Waals surface area contributed by atoms with Crippen LogP contribution in [0.5, 0.6) is 17.4 Å². The first-order chi connectivity index (χ1) is 15.2. The minimum atomic E-state index is -0.284. The van der Waals surface area contributed by atoms with Crippen molar-refractivity contribution in [3.8, 4) is 17.4 Å². The fourth-order valence-electron chi connectivity index (χ4n) is 3.18. The Balaban J connectivity index is 1.37. The summed E-state index contributed by atoms with van der Waals surface area (Å²) in [6.45, 7) is 2.66. The quantitative estimate of drug-likeness (QED) is 0.589. The lowest BCUT2D eigenvalue weighted by Gasteiger charge is -2.30. The average Bonchev–Trinajstić information content (AvgIpc) is 2.79. The van der Waals surface area contributed by atoms with Crippen LogP contribution in [0.4, 0.5) is 11.4 Å². The fourth-order valence-corrected chi connectivity index (χ4v) is 3.35. The molecule has 0 bridgehead atoms. The van der Waals surface area contributed by atoms with Crippen LogP contribution in [0, 0.1) is 0 Å². The van der Waals surface area contributed by atoms with Gasteiger partial charge in [0.1, 0.15) is 11.5 Å². The van der Waals surface area contributed by atoms with E-state index in [-0.39, 0.29) is 12.5 Å². The molecule has 1 amide bonds. The number of nitrogens with one attached hydrogen (secondary N) is 1. The molecule has 160 valence electrons. The first-order valence-corrected chi connectivity index (χ1v) is 10.3. The SMILES string of the molecule is O=C(COc1cccc(Oc2ccccn2)c1)Nc1cc(Cl)ccc1N1CCOCC1. The van der Waals surface area contributed by atoms with Gasteiger partial charge in [0.2, 0.25) is 5.88 Å². The highest BCUT2D eigenvalue weighted by molar-refractivity contribution is 6.31. The van der Waals surface area contributed by atoms with Gasteiger partial charge < -0.3 is 24.4 Å². The Morgan fingerprint density at radius 2 is 1.90 bits per heavy atom. The lowest BCUT2D eigenvalue weighted by molar-refractivity contribution is -0.118. The molecule has 1 fully saturated rings. The molecular weight excluding hydrogens is 418 g/mol. The van der Waals surface area contributed by atoms with E-state index in [1.165, 1.54) is 0 Å². The van der Waals surface area contributed by atoms with Crippen molar-refractivity contribution in [3.05, 3.63) is 71.9 Å². The number of ether oxygens (including phenoxy) is 3. The Morgan fingerprint density at radius 3 is 2.71 bits per heavy atom. The van der Waals surface area contributed by atoms with E-state index in [1.54, 1.807) is 42.6 Å².